The molecule has 37 heavy (non-hydrogen) atoms. The summed E-state index contributed by atoms with van der Waals surface area (Å²) in [6.07, 6.45) is 6.45. The molecular weight excluding hydrogens is 485 g/mol. The highest BCUT2D eigenvalue weighted by Crippen LogP contribution is 2.39. The Balaban J connectivity index is 1.56. The Bertz CT molecular complexity index is 1490. The van der Waals surface area contributed by atoms with E-state index in [4.69, 9.17) is 9.72 Å². The van der Waals surface area contributed by atoms with Gasteiger partial charge < -0.3 is 24.8 Å². The van der Waals surface area contributed by atoms with E-state index in [1.807, 2.05) is 37.5 Å². The van der Waals surface area contributed by atoms with E-state index in [9.17, 15) is 4.57 Å². The highest BCUT2D eigenvalue weighted by atomic mass is 31.2. The summed E-state index contributed by atoms with van der Waals surface area (Å²) in [5.41, 5.74) is 5.78. The maximum atomic E-state index is 13.0. The van der Waals surface area contributed by atoms with Gasteiger partial charge in [-0.2, -0.15) is 10.1 Å². The lowest BCUT2D eigenvalue weighted by Gasteiger charge is -2.26. The van der Waals surface area contributed by atoms with Crippen molar-refractivity contribution in [3.05, 3.63) is 66.1 Å². The first-order valence-corrected chi connectivity index (χ1v) is 14.7. The lowest BCUT2D eigenvalue weighted by atomic mass is 9.99. The monoisotopic (exact) mass is 517 g/mol. The number of para-hydroxylation sites is 1. The Hall–Kier alpha value is -3.68. The van der Waals surface area contributed by atoms with Gasteiger partial charge in [-0.25, -0.2) is 4.98 Å². The van der Waals surface area contributed by atoms with E-state index in [1.54, 1.807) is 37.5 Å². The molecule has 2 aromatic heterocycles. The number of anilines is 4. The summed E-state index contributed by atoms with van der Waals surface area (Å²) in [6.45, 7) is 5.44. The molecule has 0 aliphatic carbocycles. The summed E-state index contributed by atoms with van der Waals surface area (Å²) in [5, 5.41) is 11.9. The predicted octanol–water partition coefficient (Wildman–Crippen LogP) is 4.61. The molecule has 0 radical (unpaired) electrons. The topological polar surface area (TPSA) is 97.2 Å². The van der Waals surface area contributed by atoms with Crippen LogP contribution in [-0.2, 0) is 24.6 Å². The Morgan fingerprint density at radius 2 is 1.84 bits per heavy atom. The van der Waals surface area contributed by atoms with E-state index in [1.165, 1.54) is 11.1 Å². The number of hydrogen-bond donors (Lipinski definition) is 2. The molecule has 0 spiro atoms. The van der Waals surface area contributed by atoms with Gasteiger partial charge in [0.15, 0.2) is 0 Å². The molecule has 0 fully saturated rings. The largest absolute Gasteiger partial charge is 0.495 e. The van der Waals surface area contributed by atoms with Crippen LogP contribution in [0.15, 0.2) is 55.0 Å². The van der Waals surface area contributed by atoms with Gasteiger partial charge in [0, 0.05) is 49.0 Å². The number of benzene rings is 2. The van der Waals surface area contributed by atoms with E-state index >= 15 is 0 Å². The van der Waals surface area contributed by atoms with Crippen molar-refractivity contribution in [2.45, 2.75) is 13.0 Å². The SMILES string of the molecule is COc1cc2c(cc1Nc1ncc(-c3cnn(C)c3)c(Nc3ccccc3P(C)(C)=O)n1)CN(C)CC2. The number of aryl methyl sites for hydroxylation is 1. The molecule has 0 bridgehead atoms. The first-order valence-electron chi connectivity index (χ1n) is 12.1. The molecule has 1 aliphatic rings. The average Bonchev–Trinajstić information content (AvgIpc) is 3.29. The second kappa shape index (κ2) is 10.00. The maximum Gasteiger partial charge on any atom is 0.229 e. The minimum Gasteiger partial charge on any atom is -0.495 e. The summed E-state index contributed by atoms with van der Waals surface area (Å²) >= 11 is 0. The Labute approximate surface area is 217 Å². The van der Waals surface area contributed by atoms with Crippen LogP contribution in [0.4, 0.5) is 23.1 Å². The molecule has 0 atom stereocenters. The number of methoxy groups -OCH3 is 1. The normalized spacial score (nSPS) is 13.8. The third-order valence-electron chi connectivity index (χ3n) is 6.51. The number of nitrogens with one attached hydrogen (secondary N) is 2. The predicted molar refractivity (Wildman–Crippen MR) is 149 cm³/mol. The summed E-state index contributed by atoms with van der Waals surface area (Å²) in [5.74, 6) is 1.76. The molecule has 9 nitrogen and oxygen atoms in total. The first-order chi connectivity index (χ1) is 17.7. The zero-order valence-corrected chi connectivity index (χ0v) is 22.7. The number of likely N-dealkylation sites (N-methyl/N-ethyl adjacent to an activating group) is 1. The number of hydrogen-bond acceptors (Lipinski definition) is 8. The molecule has 0 saturated carbocycles. The highest BCUT2D eigenvalue weighted by Gasteiger charge is 2.20. The molecule has 0 amide bonds. The molecule has 0 unspecified atom stereocenters. The van der Waals surface area contributed by atoms with Crippen LogP contribution in [0.25, 0.3) is 11.1 Å². The molecule has 5 rings (SSSR count). The van der Waals surface area contributed by atoms with Gasteiger partial charge in [-0.3, -0.25) is 4.68 Å². The number of fused-ring (bicyclic) bond motifs is 1. The van der Waals surface area contributed by atoms with Crippen LogP contribution in [-0.4, -0.2) is 58.7 Å². The fraction of sp³-hybridized carbons (Fsp3) is 0.296. The van der Waals surface area contributed by atoms with E-state index in [-0.39, 0.29) is 0 Å². The fourth-order valence-corrected chi connectivity index (χ4v) is 5.76. The van der Waals surface area contributed by atoms with Gasteiger partial charge in [0.2, 0.25) is 5.95 Å². The summed E-state index contributed by atoms with van der Waals surface area (Å²) in [6, 6.07) is 11.8. The second-order valence-corrected chi connectivity index (χ2v) is 13.0. The van der Waals surface area contributed by atoms with Crippen LogP contribution in [0.2, 0.25) is 0 Å². The van der Waals surface area contributed by atoms with Crippen molar-refractivity contribution in [1.82, 2.24) is 24.6 Å². The smallest absolute Gasteiger partial charge is 0.229 e. The zero-order chi connectivity index (χ0) is 26.2. The van der Waals surface area contributed by atoms with Crippen molar-refractivity contribution >= 4 is 35.6 Å². The van der Waals surface area contributed by atoms with Gasteiger partial charge in [-0.05, 0) is 62.2 Å². The zero-order valence-electron chi connectivity index (χ0n) is 21.8. The van der Waals surface area contributed by atoms with Crippen LogP contribution < -0.4 is 20.7 Å². The standard InChI is InChI=1S/C27H32N7O2P/c1-33-11-10-18-13-24(36-3)23(12-19(18)16-33)31-27-28-15-21(20-14-29-34(2)17-20)26(32-27)30-22-8-6-7-9-25(22)37(4,5)35/h6-9,12-15,17H,10-11,16H2,1-5H3,(H2,28,30,31,32). The molecule has 10 heteroatoms. The average molecular weight is 518 g/mol. The van der Waals surface area contributed by atoms with Gasteiger partial charge >= 0.3 is 0 Å². The van der Waals surface area contributed by atoms with Gasteiger partial charge in [0.25, 0.3) is 0 Å². The van der Waals surface area contributed by atoms with Crippen molar-refractivity contribution in [2.24, 2.45) is 7.05 Å². The lowest BCUT2D eigenvalue weighted by Crippen LogP contribution is -2.26. The molecular formula is C27H32N7O2P. The fourth-order valence-electron chi connectivity index (χ4n) is 4.60. The third kappa shape index (κ3) is 5.38. The quantitative estimate of drug-likeness (QED) is 0.343. The summed E-state index contributed by atoms with van der Waals surface area (Å²) in [7, 11) is 3.14. The van der Waals surface area contributed by atoms with Gasteiger partial charge in [0.05, 0.1) is 24.7 Å². The van der Waals surface area contributed by atoms with Gasteiger partial charge in [0.1, 0.15) is 18.7 Å². The Kier molecular flexibility index (Phi) is 6.75. The number of aromatic nitrogens is 4. The summed E-state index contributed by atoms with van der Waals surface area (Å²) < 4.78 is 20.4. The van der Waals surface area contributed by atoms with Crippen molar-refractivity contribution < 1.29 is 9.30 Å². The van der Waals surface area contributed by atoms with E-state index in [0.29, 0.717) is 11.8 Å². The molecule has 2 N–H and O–H groups in total. The third-order valence-corrected chi connectivity index (χ3v) is 8.06. The van der Waals surface area contributed by atoms with Crippen molar-refractivity contribution in [3.63, 3.8) is 0 Å². The van der Waals surface area contributed by atoms with Crippen LogP contribution in [0.3, 0.4) is 0 Å². The first kappa shape index (κ1) is 25.0. The molecule has 0 saturated heterocycles. The Morgan fingerprint density at radius 1 is 1.03 bits per heavy atom. The number of ether oxygens (including phenoxy) is 1. The molecule has 4 aromatic rings. The van der Waals surface area contributed by atoms with Gasteiger partial charge in [-0.1, -0.05) is 12.1 Å². The van der Waals surface area contributed by atoms with Crippen molar-refractivity contribution in [3.8, 4) is 16.9 Å². The van der Waals surface area contributed by atoms with Crippen LogP contribution in [0.1, 0.15) is 11.1 Å². The molecule has 3 heterocycles. The Morgan fingerprint density at radius 3 is 2.57 bits per heavy atom. The van der Waals surface area contributed by atoms with Crippen LogP contribution in [0, 0.1) is 0 Å². The van der Waals surface area contributed by atoms with E-state index < -0.39 is 7.14 Å². The number of rotatable bonds is 7. The minimum atomic E-state index is -2.53. The maximum absolute atomic E-state index is 13.0. The minimum absolute atomic E-state index is 0.422. The second-order valence-electron chi connectivity index (χ2n) is 9.79. The van der Waals surface area contributed by atoms with Crippen LogP contribution in [0.5, 0.6) is 5.75 Å². The lowest BCUT2D eigenvalue weighted by molar-refractivity contribution is 0.312. The highest BCUT2D eigenvalue weighted by molar-refractivity contribution is 7.70. The molecule has 2 aromatic carbocycles. The number of nitrogens with zero attached hydrogens (tertiary/aromatic N) is 5. The molecule has 192 valence electrons. The van der Waals surface area contributed by atoms with E-state index in [2.05, 4.69) is 44.8 Å². The van der Waals surface area contributed by atoms with Crippen LogP contribution >= 0.6 is 7.14 Å². The summed E-state index contributed by atoms with van der Waals surface area (Å²) in [4.78, 5) is 11.8. The van der Waals surface area contributed by atoms with E-state index in [0.717, 1.165) is 53.1 Å². The molecule has 1 aliphatic heterocycles. The van der Waals surface area contributed by atoms with Gasteiger partial charge in [-0.15, -0.1) is 0 Å². The van der Waals surface area contributed by atoms with Crippen molar-refractivity contribution in [1.29, 1.82) is 0 Å². The van der Waals surface area contributed by atoms with Crippen molar-refractivity contribution in [2.75, 3.05) is 44.7 Å².